The monoisotopic (exact) mass is 663 g/mol. The van der Waals surface area contributed by atoms with Crippen LogP contribution in [0.15, 0.2) is 43.0 Å². The molecule has 7 rings (SSSR count). The van der Waals surface area contributed by atoms with Gasteiger partial charge < -0.3 is 20.4 Å². The fourth-order valence-electron chi connectivity index (χ4n) is 6.46. The number of hydrogen-bond acceptors (Lipinski definition) is 7. The Morgan fingerprint density at radius 2 is 1.78 bits per heavy atom. The number of carbonyl (C=O) groups is 2. The Morgan fingerprint density at radius 1 is 1.07 bits per heavy atom. The van der Waals surface area contributed by atoms with E-state index in [-0.39, 0.29) is 45.5 Å². The third-order valence-corrected chi connectivity index (χ3v) is 9.09. The summed E-state index contributed by atoms with van der Waals surface area (Å²) in [4.78, 5) is 38.2. The quantitative estimate of drug-likeness (QED) is 0.287. The number of benzene rings is 1. The Balaban J connectivity index is 1.05. The molecule has 0 unspecified atom stereocenters. The summed E-state index contributed by atoms with van der Waals surface area (Å²) >= 11 is 6.53. The minimum Gasteiger partial charge on any atom is -0.339 e. The number of rotatable bonds is 7. The predicted molar refractivity (Wildman–Crippen MR) is 156 cm³/mol. The first-order valence-electron chi connectivity index (χ1n) is 14.6. The minimum absolute atomic E-state index is 0.0222. The number of piperidine rings is 1. The van der Waals surface area contributed by atoms with Gasteiger partial charge in [0.25, 0.3) is 12.3 Å². The van der Waals surface area contributed by atoms with E-state index in [4.69, 9.17) is 11.6 Å². The van der Waals surface area contributed by atoms with Crippen molar-refractivity contribution < 1.29 is 31.5 Å². The van der Waals surface area contributed by atoms with E-state index in [1.54, 1.807) is 17.0 Å². The van der Waals surface area contributed by atoms with Gasteiger partial charge in [-0.05, 0) is 43.1 Å². The van der Waals surface area contributed by atoms with Gasteiger partial charge in [-0.15, -0.1) is 0 Å². The van der Waals surface area contributed by atoms with Crippen LogP contribution in [0.2, 0.25) is 5.02 Å². The summed E-state index contributed by atoms with van der Waals surface area (Å²) < 4.78 is 68.9. The lowest BCUT2D eigenvalue weighted by Gasteiger charge is -2.35. The van der Waals surface area contributed by atoms with Gasteiger partial charge in [-0.3, -0.25) is 18.7 Å². The van der Waals surface area contributed by atoms with E-state index in [1.165, 1.54) is 29.1 Å². The van der Waals surface area contributed by atoms with E-state index in [0.717, 1.165) is 19.3 Å². The Bertz CT molecular complexity index is 1810. The predicted octanol–water partition coefficient (Wildman–Crippen LogP) is 4.02. The summed E-state index contributed by atoms with van der Waals surface area (Å²) in [7, 11) is 0. The van der Waals surface area contributed by atoms with E-state index in [2.05, 4.69) is 25.7 Å². The van der Waals surface area contributed by atoms with Gasteiger partial charge in [0.15, 0.2) is 17.2 Å². The number of imidazole rings is 1. The summed E-state index contributed by atoms with van der Waals surface area (Å²) in [6.07, 6.45) is -2.96. The normalized spacial score (nSPS) is 21.2. The molecule has 2 aliphatic heterocycles. The second-order valence-corrected chi connectivity index (χ2v) is 12.0. The molecular weight excluding hydrogens is 637 g/mol. The van der Waals surface area contributed by atoms with Crippen molar-refractivity contribution in [3.05, 3.63) is 59.3 Å². The van der Waals surface area contributed by atoms with Gasteiger partial charge in [-0.2, -0.15) is 18.3 Å². The lowest BCUT2D eigenvalue weighted by Crippen LogP contribution is -2.51. The second kappa shape index (κ2) is 11.5. The lowest BCUT2D eigenvalue weighted by molar-refractivity contribution is -0.141. The molecule has 242 valence electrons. The Labute approximate surface area is 263 Å². The fraction of sp³-hybridized carbons (Fsp3) is 0.414. The van der Waals surface area contributed by atoms with Gasteiger partial charge in [-0.1, -0.05) is 11.6 Å². The first-order chi connectivity index (χ1) is 22.0. The van der Waals surface area contributed by atoms with E-state index in [0.29, 0.717) is 48.4 Å². The summed E-state index contributed by atoms with van der Waals surface area (Å²) in [5.74, 6) is 1.05. The summed E-state index contributed by atoms with van der Waals surface area (Å²) in [6, 6.07) is 4.70. The van der Waals surface area contributed by atoms with Crippen molar-refractivity contribution in [3.8, 4) is 11.3 Å². The van der Waals surface area contributed by atoms with Crippen molar-refractivity contribution in [2.75, 3.05) is 44.6 Å². The maximum absolute atomic E-state index is 13.7. The highest BCUT2D eigenvalue weighted by molar-refractivity contribution is 6.34. The average molecular weight is 664 g/mol. The molecule has 3 atom stereocenters. The summed E-state index contributed by atoms with van der Waals surface area (Å²) in [5, 5.41) is 9.84. The van der Waals surface area contributed by atoms with Gasteiger partial charge in [0, 0.05) is 56.4 Å². The van der Waals surface area contributed by atoms with Crippen molar-refractivity contribution in [1.82, 2.24) is 39.3 Å². The number of nitrogens with one attached hydrogen (secondary N) is 2. The van der Waals surface area contributed by atoms with Crippen LogP contribution in [0.5, 0.6) is 0 Å². The Kier molecular flexibility index (Phi) is 7.58. The molecule has 0 bridgehead atoms. The first-order valence-corrected chi connectivity index (χ1v) is 15.0. The van der Waals surface area contributed by atoms with Crippen LogP contribution in [-0.4, -0.2) is 91.5 Å². The summed E-state index contributed by atoms with van der Waals surface area (Å²) in [5.41, 5.74) is -0.879. The van der Waals surface area contributed by atoms with Crippen molar-refractivity contribution in [3.63, 3.8) is 0 Å². The largest absolute Gasteiger partial charge is 0.435 e. The molecule has 1 saturated carbocycles. The van der Waals surface area contributed by atoms with Crippen molar-refractivity contribution in [2.45, 2.75) is 19.1 Å². The smallest absolute Gasteiger partial charge is 0.339 e. The van der Waals surface area contributed by atoms with Crippen LogP contribution < -0.4 is 10.6 Å². The molecule has 3 aliphatic rings. The van der Waals surface area contributed by atoms with Crippen molar-refractivity contribution in [1.29, 1.82) is 0 Å². The van der Waals surface area contributed by atoms with E-state index in [9.17, 15) is 31.5 Å². The van der Waals surface area contributed by atoms with Gasteiger partial charge in [0.2, 0.25) is 5.91 Å². The topological polar surface area (TPSA) is 113 Å². The third kappa shape index (κ3) is 5.53. The van der Waals surface area contributed by atoms with Crippen LogP contribution in [0.25, 0.3) is 16.9 Å². The zero-order valence-corrected chi connectivity index (χ0v) is 24.8. The van der Waals surface area contributed by atoms with Gasteiger partial charge in [0.05, 0.1) is 28.0 Å². The number of fused-ring (bicyclic) bond motifs is 2. The Morgan fingerprint density at radius 3 is 2.46 bits per heavy atom. The summed E-state index contributed by atoms with van der Waals surface area (Å²) in [6.45, 7) is 2.49. The van der Waals surface area contributed by atoms with Crippen LogP contribution in [-0.2, 0) is 17.5 Å². The number of hydrogen-bond donors (Lipinski definition) is 2. The van der Waals surface area contributed by atoms with Crippen molar-refractivity contribution in [2.24, 2.45) is 17.8 Å². The molecule has 0 radical (unpaired) electrons. The molecule has 3 fully saturated rings. The second-order valence-electron chi connectivity index (χ2n) is 11.6. The number of alkyl halides is 5. The Hall–Kier alpha value is -4.31. The molecule has 3 aromatic heterocycles. The molecule has 0 spiro atoms. The van der Waals surface area contributed by atoms with Gasteiger partial charge in [-0.25, -0.2) is 18.7 Å². The number of amides is 2. The molecule has 2 N–H and O–H groups in total. The molecule has 2 saturated heterocycles. The van der Waals surface area contributed by atoms with Crippen LogP contribution >= 0.6 is 11.6 Å². The minimum atomic E-state index is -4.89. The fourth-order valence-corrected chi connectivity index (χ4v) is 6.72. The average Bonchev–Trinajstić information content (AvgIpc) is 3.43. The zero-order chi connectivity index (χ0) is 32.3. The molecule has 1 aromatic carbocycles. The standard InChI is InChI=1S/C29H27ClF5N9O2/c30-20-9-15(1-2-16(20)27(45)41-5-7-42(8-6-41)28(46)23-17-10-36-11-18(17)23)39-25-26-38-12-21(44(26)4-3-37-25)19-13-43(14-22(31)32)40-24(19)29(33,34)35/h1-4,9,12-13,17-18,22-23,36H,5-8,10-11,14H2,(H,37,39)/t17-,18+,23-. The highest BCUT2D eigenvalue weighted by Crippen LogP contribution is 2.49. The SMILES string of the molecule is O=C(c1ccc(Nc2nccn3c(-c4cn(CC(F)F)nc4C(F)(F)F)cnc23)cc1Cl)N1CCN(C(=O)[C@@H]2[C@@H]3CNC[C@@H]32)CC1. The highest BCUT2D eigenvalue weighted by Gasteiger charge is 2.58. The van der Waals surface area contributed by atoms with Crippen LogP contribution in [0.4, 0.5) is 33.5 Å². The molecule has 11 nitrogen and oxygen atoms in total. The number of nitrogens with zero attached hydrogens (tertiary/aromatic N) is 7. The van der Waals surface area contributed by atoms with E-state index in [1.807, 2.05) is 4.90 Å². The van der Waals surface area contributed by atoms with Crippen LogP contribution in [0.1, 0.15) is 16.1 Å². The molecule has 2 amide bonds. The molecule has 17 heteroatoms. The number of halogens is 6. The number of anilines is 2. The van der Waals surface area contributed by atoms with Crippen LogP contribution in [0, 0.1) is 17.8 Å². The molecule has 4 aromatic rings. The maximum Gasteiger partial charge on any atom is 0.435 e. The number of piperazine rings is 1. The number of carbonyl (C=O) groups excluding carboxylic acids is 2. The van der Waals surface area contributed by atoms with Crippen LogP contribution in [0.3, 0.4) is 0 Å². The van der Waals surface area contributed by atoms with Crippen molar-refractivity contribution >= 4 is 40.6 Å². The molecular formula is C29H27ClF5N9O2. The van der Waals surface area contributed by atoms with Gasteiger partial charge >= 0.3 is 6.18 Å². The van der Waals surface area contributed by atoms with E-state index >= 15 is 0 Å². The molecule has 46 heavy (non-hydrogen) atoms. The molecule has 5 heterocycles. The highest BCUT2D eigenvalue weighted by atomic mass is 35.5. The third-order valence-electron chi connectivity index (χ3n) is 8.78. The molecule has 1 aliphatic carbocycles. The zero-order valence-electron chi connectivity index (χ0n) is 24.0. The number of aromatic nitrogens is 5. The van der Waals surface area contributed by atoms with E-state index < -0.39 is 30.4 Å². The lowest BCUT2D eigenvalue weighted by atomic mass is 10.1. The maximum atomic E-state index is 13.7. The van der Waals surface area contributed by atoms with Gasteiger partial charge in [0.1, 0.15) is 6.54 Å². The first kappa shape index (κ1) is 30.3.